The van der Waals surface area contributed by atoms with Crippen molar-refractivity contribution in [3.63, 3.8) is 0 Å². The summed E-state index contributed by atoms with van der Waals surface area (Å²) >= 11 is 0. The van der Waals surface area contributed by atoms with Gasteiger partial charge in [0, 0.05) is 51.6 Å². The molecule has 1 saturated heterocycles. The van der Waals surface area contributed by atoms with Gasteiger partial charge in [0.1, 0.15) is 0 Å². The summed E-state index contributed by atoms with van der Waals surface area (Å²) in [4.78, 5) is 8.86. The van der Waals surface area contributed by atoms with Crippen LogP contribution in [0.2, 0.25) is 0 Å². The average molecular weight is 543 g/mol. The van der Waals surface area contributed by atoms with Crippen LogP contribution in [-0.2, 0) is 17.5 Å². The Morgan fingerprint density at radius 3 is 2.43 bits per heavy atom. The van der Waals surface area contributed by atoms with Gasteiger partial charge in [0.15, 0.2) is 5.96 Å². The van der Waals surface area contributed by atoms with Gasteiger partial charge in [-0.25, -0.2) is 4.99 Å². The maximum absolute atomic E-state index is 13.3. The van der Waals surface area contributed by atoms with E-state index < -0.39 is 11.7 Å². The molecule has 30 heavy (non-hydrogen) atoms. The van der Waals surface area contributed by atoms with Crippen LogP contribution in [0.25, 0.3) is 0 Å². The quantitative estimate of drug-likeness (QED) is 0.229. The molecule has 0 aromatic heterocycles. The van der Waals surface area contributed by atoms with E-state index in [1.807, 2.05) is 20.9 Å². The number of hydrogen-bond acceptors (Lipinski definition) is 4. The highest BCUT2D eigenvalue weighted by Gasteiger charge is 2.31. The van der Waals surface area contributed by atoms with Crippen molar-refractivity contribution < 1.29 is 17.9 Å². The van der Waals surface area contributed by atoms with Crippen LogP contribution in [-0.4, -0.2) is 70.4 Å². The molecular weight excluding hydrogens is 510 g/mol. The zero-order valence-electron chi connectivity index (χ0n) is 17.9. The van der Waals surface area contributed by atoms with E-state index >= 15 is 0 Å². The summed E-state index contributed by atoms with van der Waals surface area (Å²) in [6, 6.07) is 3.96. The molecule has 0 saturated carbocycles. The number of piperazine rings is 1. The molecule has 0 bridgehead atoms. The number of aliphatic imine (C=N–C) groups is 1. The van der Waals surface area contributed by atoms with E-state index in [2.05, 4.69) is 25.4 Å². The monoisotopic (exact) mass is 543 g/mol. The van der Waals surface area contributed by atoms with Crippen LogP contribution in [0.15, 0.2) is 23.2 Å². The molecule has 0 radical (unpaired) electrons. The number of nitrogens with zero attached hydrogens (tertiary/aromatic N) is 3. The average Bonchev–Trinajstić information content (AvgIpc) is 2.69. The minimum atomic E-state index is -4.38. The second-order valence-corrected chi connectivity index (χ2v) is 6.95. The molecule has 1 aliphatic rings. The minimum absolute atomic E-state index is 0. The molecule has 1 heterocycles. The topological polar surface area (TPSA) is 52.1 Å². The lowest BCUT2D eigenvalue weighted by Crippen LogP contribution is -2.44. The van der Waals surface area contributed by atoms with Gasteiger partial charge in [0.05, 0.1) is 18.7 Å². The first kappa shape index (κ1) is 26.8. The summed E-state index contributed by atoms with van der Waals surface area (Å²) in [5.41, 5.74) is 0.751. The first-order chi connectivity index (χ1) is 13.8. The Morgan fingerprint density at radius 1 is 1.13 bits per heavy atom. The number of rotatable bonds is 8. The van der Waals surface area contributed by atoms with Crippen LogP contribution >= 0.6 is 24.0 Å². The highest BCUT2D eigenvalue weighted by molar-refractivity contribution is 14.0. The molecule has 1 aliphatic heterocycles. The summed E-state index contributed by atoms with van der Waals surface area (Å²) in [5.74, 6) is 0.564. The maximum Gasteiger partial charge on any atom is 0.416 e. The van der Waals surface area contributed by atoms with E-state index in [9.17, 15) is 13.2 Å². The molecule has 10 heteroatoms. The number of guanidine groups is 1. The lowest BCUT2D eigenvalue weighted by Gasteiger charge is -2.35. The lowest BCUT2D eigenvalue weighted by molar-refractivity contribution is -0.137. The van der Waals surface area contributed by atoms with Crippen LogP contribution in [0.3, 0.4) is 0 Å². The van der Waals surface area contributed by atoms with Crippen molar-refractivity contribution in [2.24, 2.45) is 4.99 Å². The predicted molar refractivity (Wildman–Crippen MR) is 126 cm³/mol. The van der Waals surface area contributed by atoms with Crippen LogP contribution < -0.4 is 15.5 Å². The fourth-order valence-corrected chi connectivity index (χ4v) is 3.14. The molecule has 1 fully saturated rings. The zero-order valence-corrected chi connectivity index (χ0v) is 20.2. The van der Waals surface area contributed by atoms with Crippen LogP contribution in [0.4, 0.5) is 18.9 Å². The fourth-order valence-electron chi connectivity index (χ4n) is 3.14. The number of nitrogens with one attached hydrogen (secondary N) is 2. The summed E-state index contributed by atoms with van der Waals surface area (Å²) in [7, 11) is 2.05. The number of halogens is 4. The Labute approximate surface area is 194 Å². The van der Waals surface area contributed by atoms with E-state index in [1.54, 1.807) is 6.07 Å². The molecule has 0 amide bonds. The van der Waals surface area contributed by atoms with Gasteiger partial charge in [0.25, 0.3) is 0 Å². The van der Waals surface area contributed by atoms with E-state index in [0.717, 1.165) is 37.9 Å². The molecule has 2 N–H and O–H groups in total. The Hall–Kier alpha value is -1.27. The van der Waals surface area contributed by atoms with Gasteiger partial charge in [0.2, 0.25) is 0 Å². The van der Waals surface area contributed by atoms with Gasteiger partial charge in [-0.3, -0.25) is 0 Å². The van der Waals surface area contributed by atoms with Gasteiger partial charge in [-0.2, -0.15) is 13.2 Å². The number of anilines is 1. The molecule has 0 spiro atoms. The van der Waals surface area contributed by atoms with E-state index in [0.29, 0.717) is 37.8 Å². The molecule has 1 aromatic carbocycles. The van der Waals surface area contributed by atoms with Crippen molar-refractivity contribution in [2.75, 3.05) is 64.4 Å². The standard InChI is InChI=1S/C20H32F3N5O.HI/c1-4-24-19(25-8-13-29-5-2)26-15-16-14-17(20(21,22)23)6-7-18(16)28-11-9-27(3)10-12-28;/h6-7,14H,4-5,8-13,15H2,1-3H3,(H2,24,25,26);1H. The molecule has 6 nitrogen and oxygen atoms in total. The highest BCUT2D eigenvalue weighted by atomic mass is 127. The first-order valence-corrected chi connectivity index (χ1v) is 10.1. The molecule has 0 aliphatic carbocycles. The molecule has 2 rings (SSSR count). The fraction of sp³-hybridized carbons (Fsp3) is 0.650. The molecule has 1 aromatic rings. The van der Waals surface area contributed by atoms with Crippen molar-refractivity contribution >= 4 is 35.6 Å². The maximum atomic E-state index is 13.3. The Morgan fingerprint density at radius 2 is 1.83 bits per heavy atom. The summed E-state index contributed by atoms with van der Waals surface area (Å²) in [5, 5.41) is 6.27. The van der Waals surface area contributed by atoms with E-state index in [4.69, 9.17) is 4.74 Å². The number of ether oxygens (including phenoxy) is 1. The van der Waals surface area contributed by atoms with E-state index in [1.165, 1.54) is 6.07 Å². The number of alkyl halides is 3. The Bertz CT molecular complexity index is 664. The van der Waals surface area contributed by atoms with Gasteiger partial charge in [-0.05, 0) is 44.7 Å². The Balaban J connectivity index is 0.00000450. The molecule has 0 unspecified atom stereocenters. The van der Waals surface area contributed by atoms with Crippen molar-refractivity contribution in [3.05, 3.63) is 29.3 Å². The number of benzene rings is 1. The van der Waals surface area contributed by atoms with E-state index in [-0.39, 0.29) is 30.5 Å². The minimum Gasteiger partial charge on any atom is -0.380 e. The molecule has 0 atom stereocenters. The third-order valence-electron chi connectivity index (χ3n) is 4.75. The van der Waals surface area contributed by atoms with Crippen molar-refractivity contribution in [1.82, 2.24) is 15.5 Å². The van der Waals surface area contributed by atoms with Crippen LogP contribution in [0.5, 0.6) is 0 Å². The van der Waals surface area contributed by atoms with Gasteiger partial charge >= 0.3 is 6.18 Å². The lowest BCUT2D eigenvalue weighted by atomic mass is 10.1. The second-order valence-electron chi connectivity index (χ2n) is 6.95. The summed E-state index contributed by atoms with van der Waals surface area (Å²) in [6.07, 6.45) is -4.38. The number of likely N-dealkylation sites (N-methyl/N-ethyl adjacent to an activating group) is 1. The SMILES string of the molecule is CCNC(=NCc1cc(C(F)(F)F)ccc1N1CCN(C)CC1)NCCOCC.I. The zero-order chi connectivity index (χ0) is 21.3. The van der Waals surface area contributed by atoms with Crippen molar-refractivity contribution in [1.29, 1.82) is 0 Å². The smallest absolute Gasteiger partial charge is 0.380 e. The predicted octanol–water partition coefficient (Wildman–Crippen LogP) is 3.17. The summed E-state index contributed by atoms with van der Waals surface area (Å²) < 4.78 is 45.1. The molecular formula is C20H33F3IN5O. The molecule has 172 valence electrons. The summed E-state index contributed by atoms with van der Waals surface area (Å²) in [6.45, 7) is 9.77. The number of hydrogen-bond donors (Lipinski definition) is 2. The first-order valence-electron chi connectivity index (χ1n) is 10.1. The highest BCUT2D eigenvalue weighted by Crippen LogP contribution is 2.33. The van der Waals surface area contributed by atoms with Gasteiger partial charge in [-0.1, -0.05) is 0 Å². The normalized spacial score (nSPS) is 15.7. The largest absolute Gasteiger partial charge is 0.416 e. The Kier molecular flexibility index (Phi) is 11.8. The van der Waals surface area contributed by atoms with Crippen molar-refractivity contribution in [3.8, 4) is 0 Å². The van der Waals surface area contributed by atoms with Crippen LogP contribution in [0.1, 0.15) is 25.0 Å². The van der Waals surface area contributed by atoms with Crippen molar-refractivity contribution in [2.45, 2.75) is 26.6 Å². The van der Waals surface area contributed by atoms with Gasteiger partial charge < -0.3 is 25.2 Å². The van der Waals surface area contributed by atoms with Gasteiger partial charge in [-0.15, -0.1) is 24.0 Å². The third-order valence-corrected chi connectivity index (χ3v) is 4.75. The second kappa shape index (κ2) is 13.2. The third kappa shape index (κ3) is 8.46. The van der Waals surface area contributed by atoms with Crippen LogP contribution in [0, 0.1) is 0 Å².